The molecule has 0 aliphatic carbocycles. The van der Waals surface area contributed by atoms with Crippen molar-refractivity contribution in [2.24, 2.45) is 0 Å². The zero-order valence-electron chi connectivity index (χ0n) is 8.93. The average molecular weight is 226 g/mol. The van der Waals surface area contributed by atoms with Crippen molar-refractivity contribution in [1.29, 1.82) is 0 Å². The van der Waals surface area contributed by atoms with E-state index >= 15 is 0 Å². The van der Waals surface area contributed by atoms with Gasteiger partial charge in [-0.1, -0.05) is 26.0 Å². The summed E-state index contributed by atoms with van der Waals surface area (Å²) in [7, 11) is -2.28. The highest BCUT2D eigenvalue weighted by Gasteiger charge is 2.19. The average Bonchev–Trinajstić information content (AvgIpc) is 2.28. The molecular formula is C11H15O3P. The summed E-state index contributed by atoms with van der Waals surface area (Å²) >= 11 is 0. The SMILES string of the molecule is CCP(=O)(CC)c1ccc(C(=O)O)cc1. The lowest BCUT2D eigenvalue weighted by molar-refractivity contribution is 0.0697. The van der Waals surface area contributed by atoms with E-state index in [9.17, 15) is 9.36 Å². The van der Waals surface area contributed by atoms with Crippen LogP contribution in [0.1, 0.15) is 24.2 Å². The number of aromatic carboxylic acids is 1. The zero-order valence-corrected chi connectivity index (χ0v) is 9.83. The Labute approximate surface area is 89.5 Å². The maximum absolute atomic E-state index is 12.3. The molecule has 0 aliphatic rings. The van der Waals surface area contributed by atoms with Gasteiger partial charge in [-0.25, -0.2) is 4.79 Å². The molecule has 4 heteroatoms. The molecule has 0 saturated heterocycles. The van der Waals surface area contributed by atoms with Crippen molar-refractivity contribution in [3.05, 3.63) is 29.8 Å². The van der Waals surface area contributed by atoms with Crippen LogP contribution in [0.2, 0.25) is 0 Å². The minimum Gasteiger partial charge on any atom is -0.478 e. The second kappa shape index (κ2) is 4.63. The van der Waals surface area contributed by atoms with Gasteiger partial charge in [0.15, 0.2) is 0 Å². The third-order valence-corrected chi connectivity index (χ3v) is 5.89. The van der Waals surface area contributed by atoms with Gasteiger partial charge in [-0.05, 0) is 12.1 Å². The van der Waals surface area contributed by atoms with E-state index in [0.29, 0.717) is 12.3 Å². The Morgan fingerprint density at radius 1 is 1.20 bits per heavy atom. The summed E-state index contributed by atoms with van der Waals surface area (Å²) in [5.74, 6) is -0.954. The molecule has 1 N–H and O–H groups in total. The fourth-order valence-electron chi connectivity index (χ4n) is 1.46. The Balaban J connectivity index is 3.08. The van der Waals surface area contributed by atoms with Gasteiger partial charge >= 0.3 is 5.97 Å². The summed E-state index contributed by atoms with van der Waals surface area (Å²) in [6.07, 6.45) is 1.24. The molecule has 1 aromatic rings. The Hall–Kier alpha value is -1.08. The van der Waals surface area contributed by atoms with Gasteiger partial charge in [-0.2, -0.15) is 0 Å². The van der Waals surface area contributed by atoms with E-state index in [1.165, 1.54) is 12.1 Å². The van der Waals surface area contributed by atoms with Gasteiger partial charge in [0.05, 0.1) is 5.56 Å². The number of benzene rings is 1. The number of hydrogen-bond donors (Lipinski definition) is 1. The molecule has 0 amide bonds. The standard InChI is InChI=1S/C11H15O3P/c1-3-15(14,4-2)10-7-5-9(6-8-10)11(12)13/h5-8H,3-4H2,1-2H3,(H,12,13). The molecule has 82 valence electrons. The lowest BCUT2D eigenvalue weighted by atomic mass is 10.2. The molecule has 0 radical (unpaired) electrons. The van der Waals surface area contributed by atoms with Gasteiger partial charge in [0.25, 0.3) is 0 Å². The van der Waals surface area contributed by atoms with Crippen LogP contribution >= 0.6 is 7.14 Å². The molecule has 1 aromatic carbocycles. The lowest BCUT2D eigenvalue weighted by Crippen LogP contribution is -2.09. The number of hydrogen-bond acceptors (Lipinski definition) is 2. The normalized spacial score (nSPS) is 11.3. The molecule has 0 aromatic heterocycles. The summed E-state index contributed by atoms with van der Waals surface area (Å²) in [6.45, 7) is 3.80. The van der Waals surface area contributed by atoms with Crippen LogP contribution in [-0.2, 0) is 4.57 Å². The lowest BCUT2D eigenvalue weighted by Gasteiger charge is -2.14. The quantitative estimate of drug-likeness (QED) is 0.802. The van der Waals surface area contributed by atoms with Crippen molar-refractivity contribution in [2.75, 3.05) is 12.3 Å². The largest absolute Gasteiger partial charge is 0.478 e. The predicted molar refractivity (Wildman–Crippen MR) is 61.7 cm³/mol. The first-order chi connectivity index (χ1) is 7.03. The topological polar surface area (TPSA) is 54.4 Å². The molecule has 0 spiro atoms. The van der Waals surface area contributed by atoms with Gasteiger partial charge < -0.3 is 9.67 Å². The Bertz CT molecular complexity index is 387. The minimum absolute atomic E-state index is 0.234. The number of carbonyl (C=O) groups is 1. The van der Waals surface area contributed by atoms with E-state index in [1.54, 1.807) is 12.1 Å². The van der Waals surface area contributed by atoms with Gasteiger partial charge in [-0.15, -0.1) is 0 Å². The highest BCUT2D eigenvalue weighted by Crippen LogP contribution is 2.43. The first-order valence-corrected chi connectivity index (χ1v) is 7.03. The number of carboxylic acid groups (broad SMARTS) is 1. The zero-order chi connectivity index (χ0) is 11.5. The third kappa shape index (κ3) is 2.48. The second-order valence-electron chi connectivity index (χ2n) is 3.37. The maximum Gasteiger partial charge on any atom is 0.335 e. The van der Waals surface area contributed by atoms with E-state index < -0.39 is 13.1 Å². The molecule has 0 heterocycles. The molecule has 15 heavy (non-hydrogen) atoms. The molecule has 0 aliphatic heterocycles. The first kappa shape index (κ1) is 12.0. The van der Waals surface area contributed by atoms with Crippen LogP contribution in [0.15, 0.2) is 24.3 Å². The first-order valence-electron chi connectivity index (χ1n) is 4.95. The summed E-state index contributed by atoms with van der Waals surface area (Å²) < 4.78 is 12.3. The van der Waals surface area contributed by atoms with Gasteiger partial charge in [0.1, 0.15) is 7.14 Å². The molecular weight excluding hydrogens is 211 g/mol. The maximum atomic E-state index is 12.3. The third-order valence-electron chi connectivity index (χ3n) is 2.61. The highest BCUT2D eigenvalue weighted by molar-refractivity contribution is 7.71. The van der Waals surface area contributed by atoms with Crippen LogP contribution in [0.4, 0.5) is 0 Å². The number of rotatable bonds is 4. The van der Waals surface area contributed by atoms with Crippen LogP contribution in [0.5, 0.6) is 0 Å². The van der Waals surface area contributed by atoms with Crippen LogP contribution in [0, 0.1) is 0 Å². The molecule has 0 fully saturated rings. The monoisotopic (exact) mass is 226 g/mol. The van der Waals surface area contributed by atoms with Crippen molar-refractivity contribution in [3.63, 3.8) is 0 Å². The van der Waals surface area contributed by atoms with Crippen LogP contribution in [-0.4, -0.2) is 23.4 Å². The Morgan fingerprint density at radius 3 is 2.00 bits per heavy atom. The summed E-state index contributed by atoms with van der Waals surface area (Å²) in [5, 5.41) is 9.50. The van der Waals surface area contributed by atoms with Gasteiger partial charge in [0.2, 0.25) is 0 Å². The van der Waals surface area contributed by atoms with E-state index in [-0.39, 0.29) is 5.56 Å². The molecule has 0 unspecified atom stereocenters. The molecule has 0 atom stereocenters. The number of carboxylic acids is 1. The predicted octanol–water partition coefficient (Wildman–Crippen LogP) is 2.41. The van der Waals surface area contributed by atoms with Crippen molar-refractivity contribution in [3.8, 4) is 0 Å². The minimum atomic E-state index is -2.28. The smallest absolute Gasteiger partial charge is 0.335 e. The molecule has 3 nitrogen and oxygen atoms in total. The highest BCUT2D eigenvalue weighted by atomic mass is 31.2. The fraction of sp³-hybridized carbons (Fsp3) is 0.364. The van der Waals surface area contributed by atoms with Crippen molar-refractivity contribution in [2.45, 2.75) is 13.8 Å². The summed E-state index contributed by atoms with van der Waals surface area (Å²) in [5.41, 5.74) is 0.234. The van der Waals surface area contributed by atoms with Crippen LogP contribution in [0.3, 0.4) is 0 Å². The van der Waals surface area contributed by atoms with E-state index in [1.807, 2.05) is 13.8 Å². The van der Waals surface area contributed by atoms with Gasteiger partial charge in [-0.3, -0.25) is 0 Å². The van der Waals surface area contributed by atoms with Crippen molar-refractivity contribution >= 4 is 18.4 Å². The fourth-order valence-corrected chi connectivity index (χ4v) is 3.33. The van der Waals surface area contributed by atoms with Crippen LogP contribution < -0.4 is 5.30 Å². The van der Waals surface area contributed by atoms with Crippen molar-refractivity contribution in [1.82, 2.24) is 0 Å². The van der Waals surface area contributed by atoms with E-state index in [0.717, 1.165) is 5.30 Å². The summed E-state index contributed by atoms with van der Waals surface area (Å²) in [6, 6.07) is 6.35. The van der Waals surface area contributed by atoms with E-state index in [2.05, 4.69) is 0 Å². The molecule has 1 rings (SSSR count). The molecule has 0 bridgehead atoms. The van der Waals surface area contributed by atoms with Gasteiger partial charge in [0, 0.05) is 17.6 Å². The Morgan fingerprint density at radius 2 is 1.67 bits per heavy atom. The molecule has 0 saturated carbocycles. The summed E-state index contributed by atoms with van der Waals surface area (Å²) in [4.78, 5) is 10.6. The second-order valence-corrected chi connectivity index (χ2v) is 6.93. The van der Waals surface area contributed by atoms with Crippen LogP contribution in [0.25, 0.3) is 0 Å². The Kier molecular flexibility index (Phi) is 3.70. The van der Waals surface area contributed by atoms with Crippen molar-refractivity contribution < 1.29 is 14.5 Å². The van der Waals surface area contributed by atoms with E-state index in [4.69, 9.17) is 5.11 Å².